The van der Waals surface area contributed by atoms with Gasteiger partial charge in [0.15, 0.2) is 0 Å². The average molecular weight is 251 g/mol. The minimum atomic E-state index is 0.912. The van der Waals surface area contributed by atoms with Crippen molar-refractivity contribution in [3.05, 3.63) is 65.2 Å². The third-order valence-electron chi connectivity index (χ3n) is 3.18. The SMILES string of the molecule is C=Nc1ccccc1C(c1ccccc1C)=[N+](C)C. The van der Waals surface area contributed by atoms with Gasteiger partial charge in [0.25, 0.3) is 0 Å². The van der Waals surface area contributed by atoms with Crippen LogP contribution in [0.3, 0.4) is 0 Å². The second-order valence-corrected chi connectivity index (χ2v) is 4.73. The molecule has 0 saturated heterocycles. The molecular weight excluding hydrogens is 232 g/mol. The fraction of sp³-hybridized carbons (Fsp3) is 0.176. The monoisotopic (exact) mass is 251 g/mol. The highest BCUT2D eigenvalue weighted by Gasteiger charge is 2.19. The summed E-state index contributed by atoms with van der Waals surface area (Å²) in [7, 11) is 4.11. The van der Waals surface area contributed by atoms with E-state index in [2.05, 4.69) is 67.6 Å². The van der Waals surface area contributed by atoms with Gasteiger partial charge in [0.1, 0.15) is 14.1 Å². The number of rotatable bonds is 3. The Morgan fingerprint density at radius 2 is 1.53 bits per heavy atom. The number of hydrogen-bond acceptors (Lipinski definition) is 1. The normalized spacial score (nSPS) is 10.1. The van der Waals surface area contributed by atoms with Gasteiger partial charge in [-0.3, -0.25) is 4.99 Å². The van der Waals surface area contributed by atoms with E-state index in [0.717, 1.165) is 11.3 Å². The fourth-order valence-electron chi connectivity index (χ4n) is 2.28. The topological polar surface area (TPSA) is 15.4 Å². The first kappa shape index (κ1) is 13.2. The zero-order chi connectivity index (χ0) is 13.8. The second-order valence-electron chi connectivity index (χ2n) is 4.73. The van der Waals surface area contributed by atoms with E-state index in [-0.39, 0.29) is 0 Å². The van der Waals surface area contributed by atoms with Crippen molar-refractivity contribution in [1.29, 1.82) is 0 Å². The molecule has 0 bridgehead atoms. The summed E-state index contributed by atoms with van der Waals surface area (Å²) in [5.41, 5.74) is 5.67. The first-order valence-electron chi connectivity index (χ1n) is 6.31. The standard InChI is InChI=1S/C17H19N2/c1-13-9-5-6-10-14(13)17(19(3)4)15-11-7-8-12-16(15)18-2/h5-12H,2H2,1,3-4H3/q+1. The van der Waals surface area contributed by atoms with Crippen molar-refractivity contribution < 1.29 is 4.58 Å². The third kappa shape index (κ3) is 2.63. The number of benzene rings is 2. The van der Waals surface area contributed by atoms with Crippen LogP contribution in [0.5, 0.6) is 0 Å². The second kappa shape index (κ2) is 5.61. The van der Waals surface area contributed by atoms with Crippen molar-refractivity contribution >= 4 is 18.1 Å². The summed E-state index contributed by atoms with van der Waals surface area (Å²) < 4.78 is 2.13. The highest BCUT2D eigenvalue weighted by molar-refractivity contribution is 6.13. The molecule has 2 nitrogen and oxygen atoms in total. The molecule has 0 fully saturated rings. The third-order valence-corrected chi connectivity index (χ3v) is 3.18. The number of nitrogens with zero attached hydrogens (tertiary/aromatic N) is 2. The predicted octanol–water partition coefficient (Wildman–Crippen LogP) is 3.44. The molecule has 0 unspecified atom stereocenters. The molecule has 0 aliphatic heterocycles. The van der Waals surface area contributed by atoms with E-state index < -0.39 is 0 Å². The van der Waals surface area contributed by atoms with Gasteiger partial charge in [-0.2, -0.15) is 0 Å². The van der Waals surface area contributed by atoms with Crippen molar-refractivity contribution in [3.8, 4) is 0 Å². The van der Waals surface area contributed by atoms with Gasteiger partial charge in [0.2, 0.25) is 5.71 Å². The lowest BCUT2D eigenvalue weighted by Crippen LogP contribution is -2.17. The Hall–Kier alpha value is -2.22. The summed E-state index contributed by atoms with van der Waals surface area (Å²) in [4.78, 5) is 4.13. The van der Waals surface area contributed by atoms with Crippen LogP contribution in [0.4, 0.5) is 5.69 Å². The van der Waals surface area contributed by atoms with Crippen molar-refractivity contribution in [2.24, 2.45) is 4.99 Å². The first-order chi connectivity index (χ1) is 9.15. The zero-order valence-corrected chi connectivity index (χ0v) is 11.7. The van der Waals surface area contributed by atoms with Crippen LogP contribution in [0.2, 0.25) is 0 Å². The largest absolute Gasteiger partial charge is 0.264 e. The van der Waals surface area contributed by atoms with Crippen LogP contribution >= 0.6 is 0 Å². The van der Waals surface area contributed by atoms with E-state index in [1.54, 1.807) is 0 Å². The van der Waals surface area contributed by atoms with Crippen molar-refractivity contribution in [2.45, 2.75) is 6.92 Å². The molecule has 0 aromatic heterocycles. The van der Waals surface area contributed by atoms with Gasteiger partial charge in [-0.05, 0) is 37.4 Å². The molecule has 0 saturated carbocycles. The summed E-state index contributed by atoms with van der Waals surface area (Å²) in [6.45, 7) is 5.80. The highest BCUT2D eigenvalue weighted by Crippen LogP contribution is 2.23. The van der Waals surface area contributed by atoms with Crippen LogP contribution in [-0.4, -0.2) is 31.1 Å². The summed E-state index contributed by atoms with van der Waals surface area (Å²) in [5, 5.41) is 0. The van der Waals surface area contributed by atoms with Gasteiger partial charge in [-0.25, -0.2) is 4.58 Å². The Morgan fingerprint density at radius 1 is 0.947 bits per heavy atom. The Morgan fingerprint density at radius 3 is 2.11 bits per heavy atom. The van der Waals surface area contributed by atoms with E-state index in [1.165, 1.54) is 16.8 Å². The van der Waals surface area contributed by atoms with Crippen LogP contribution in [0, 0.1) is 6.92 Å². The smallest absolute Gasteiger partial charge is 0.216 e. The molecule has 2 rings (SSSR count). The van der Waals surface area contributed by atoms with Gasteiger partial charge in [-0.15, -0.1) is 0 Å². The number of para-hydroxylation sites is 1. The lowest BCUT2D eigenvalue weighted by molar-refractivity contribution is -0.463. The first-order valence-corrected chi connectivity index (χ1v) is 6.31. The molecule has 0 spiro atoms. The highest BCUT2D eigenvalue weighted by atomic mass is 14.9. The average Bonchev–Trinajstić information content (AvgIpc) is 2.41. The van der Waals surface area contributed by atoms with Crippen LogP contribution in [-0.2, 0) is 0 Å². The molecule has 96 valence electrons. The summed E-state index contributed by atoms with van der Waals surface area (Å²) in [6.07, 6.45) is 0. The van der Waals surface area contributed by atoms with Gasteiger partial charge >= 0.3 is 0 Å². The molecule has 0 amide bonds. The molecule has 0 aliphatic rings. The van der Waals surface area contributed by atoms with Crippen molar-refractivity contribution in [3.63, 3.8) is 0 Å². The molecule has 2 heteroatoms. The van der Waals surface area contributed by atoms with Crippen LogP contribution < -0.4 is 0 Å². The molecule has 0 radical (unpaired) electrons. The van der Waals surface area contributed by atoms with E-state index in [1.807, 2.05) is 18.2 Å². The maximum absolute atomic E-state index is 4.13. The minimum Gasteiger partial charge on any atom is -0.264 e. The maximum Gasteiger partial charge on any atom is 0.216 e. The lowest BCUT2D eigenvalue weighted by atomic mass is 9.96. The summed E-state index contributed by atoms with van der Waals surface area (Å²) in [5.74, 6) is 0. The molecule has 0 heterocycles. The predicted molar refractivity (Wildman–Crippen MR) is 82.1 cm³/mol. The van der Waals surface area contributed by atoms with E-state index in [9.17, 15) is 0 Å². The minimum absolute atomic E-state index is 0.912. The van der Waals surface area contributed by atoms with E-state index >= 15 is 0 Å². The number of aryl methyl sites for hydroxylation is 1. The Labute approximate surface area is 114 Å². The van der Waals surface area contributed by atoms with Gasteiger partial charge in [0, 0.05) is 5.56 Å². The molecule has 19 heavy (non-hydrogen) atoms. The molecular formula is C17H19N2+. The Bertz CT molecular complexity index is 635. The maximum atomic E-state index is 4.13. The zero-order valence-electron chi connectivity index (χ0n) is 11.7. The van der Waals surface area contributed by atoms with E-state index in [0.29, 0.717) is 0 Å². The molecule has 0 aliphatic carbocycles. The van der Waals surface area contributed by atoms with Crippen LogP contribution in [0.25, 0.3) is 0 Å². The number of hydrogen-bond donors (Lipinski definition) is 0. The molecule has 2 aromatic carbocycles. The summed E-state index contributed by atoms with van der Waals surface area (Å²) in [6, 6.07) is 16.5. The van der Waals surface area contributed by atoms with Crippen molar-refractivity contribution in [2.75, 3.05) is 14.1 Å². The molecule has 2 aromatic rings. The van der Waals surface area contributed by atoms with Crippen LogP contribution in [0.15, 0.2) is 53.5 Å². The fourth-order valence-corrected chi connectivity index (χ4v) is 2.28. The van der Waals surface area contributed by atoms with Crippen LogP contribution in [0.1, 0.15) is 16.7 Å². The van der Waals surface area contributed by atoms with E-state index in [4.69, 9.17) is 0 Å². The van der Waals surface area contributed by atoms with Crippen molar-refractivity contribution in [1.82, 2.24) is 0 Å². The Balaban J connectivity index is 2.71. The van der Waals surface area contributed by atoms with Gasteiger partial charge < -0.3 is 0 Å². The molecule has 0 atom stereocenters. The Kier molecular flexibility index (Phi) is 3.91. The quantitative estimate of drug-likeness (QED) is 0.586. The van der Waals surface area contributed by atoms with Gasteiger partial charge in [0.05, 0.1) is 11.3 Å². The lowest BCUT2D eigenvalue weighted by Gasteiger charge is -2.09. The molecule has 0 N–H and O–H groups in total. The van der Waals surface area contributed by atoms with Gasteiger partial charge in [-0.1, -0.05) is 30.3 Å². The number of aliphatic imine (C=N–C) groups is 1. The summed E-state index contributed by atoms with van der Waals surface area (Å²) >= 11 is 0.